The quantitative estimate of drug-likeness (QED) is 0.549. The highest BCUT2D eigenvalue weighted by molar-refractivity contribution is 5.88. The Labute approximate surface area is 193 Å². The number of aliphatic carboxylic acids is 1. The highest BCUT2D eigenvalue weighted by atomic mass is 19.1. The highest BCUT2D eigenvalue weighted by Gasteiger charge is 2.50. The minimum atomic E-state index is -0.828. The highest BCUT2D eigenvalue weighted by Crippen LogP contribution is 2.51. The smallest absolute Gasteiger partial charge is 0.307 e. The van der Waals surface area contributed by atoms with E-state index in [9.17, 15) is 14.3 Å². The lowest BCUT2D eigenvalue weighted by atomic mass is 9.57. The van der Waals surface area contributed by atoms with Crippen LogP contribution < -0.4 is 0 Å². The van der Waals surface area contributed by atoms with E-state index >= 15 is 4.39 Å². The number of pyridine rings is 1. The zero-order chi connectivity index (χ0) is 23.6. The number of H-pyrrole nitrogens is 1. The van der Waals surface area contributed by atoms with E-state index in [4.69, 9.17) is 6.57 Å². The Kier molecular flexibility index (Phi) is 4.83. The van der Waals surface area contributed by atoms with Crippen LogP contribution in [0.25, 0.3) is 27.4 Å². The van der Waals surface area contributed by atoms with Gasteiger partial charge in [-0.3, -0.25) is 9.89 Å². The summed E-state index contributed by atoms with van der Waals surface area (Å²) >= 11 is 0. The first-order valence-electron chi connectivity index (χ1n) is 11.6. The number of carboxylic acids is 1. The average Bonchev–Trinajstić information content (AvgIpc) is 3.51. The van der Waals surface area contributed by atoms with Gasteiger partial charge in [0.1, 0.15) is 11.5 Å². The van der Waals surface area contributed by atoms with Crippen molar-refractivity contribution in [2.75, 3.05) is 0 Å². The molecule has 34 heavy (non-hydrogen) atoms. The third kappa shape index (κ3) is 3.33. The number of rotatable bonds is 5. The number of nitrogens with zero attached hydrogens (tertiary/aromatic N) is 5. The molecule has 4 saturated carbocycles. The number of nitrogens with one attached hydrogen (secondary N) is 1. The molecule has 0 aliphatic heterocycles. The second-order valence-electron chi connectivity index (χ2n) is 9.76. The van der Waals surface area contributed by atoms with Crippen molar-refractivity contribution >= 4 is 17.0 Å². The topological polar surface area (TPSA) is 109 Å². The summed E-state index contributed by atoms with van der Waals surface area (Å²) in [5.41, 5.74) is 0.936. The Morgan fingerprint density at radius 1 is 1.21 bits per heavy atom. The molecule has 10 heteroatoms. The van der Waals surface area contributed by atoms with Gasteiger partial charge in [-0.05, 0) is 55.9 Å². The standard InChI is InChI=1S/C24H22F2N6O2/c1-27-16-8-14(16)20-19(26)17(7-13-10-2-4-11(5-3-10)18(13)24(33)34)29-23(30-20)21-15-6-12(25)9-28-22(15)32-31-21/h6,9-11,13-14,16,18H,2-5,7-8H2,(H,33,34)(H,28,31,32)/t10?,11?,13-,14?,16-,18-/m0/s1. The lowest BCUT2D eigenvalue weighted by Gasteiger charge is -2.46. The fourth-order valence-corrected chi connectivity index (χ4v) is 6.15. The maximum atomic E-state index is 15.7. The predicted octanol–water partition coefficient (Wildman–Crippen LogP) is 4.15. The van der Waals surface area contributed by atoms with E-state index < -0.39 is 23.5 Å². The molecule has 0 spiro atoms. The minimum absolute atomic E-state index is 0.108. The molecule has 2 bridgehead atoms. The molecule has 8 nitrogen and oxygen atoms in total. The lowest BCUT2D eigenvalue weighted by molar-refractivity contribution is -0.152. The van der Waals surface area contributed by atoms with Gasteiger partial charge in [0.2, 0.25) is 6.04 Å². The van der Waals surface area contributed by atoms with Gasteiger partial charge in [-0.15, -0.1) is 0 Å². The van der Waals surface area contributed by atoms with Crippen molar-refractivity contribution < 1.29 is 18.7 Å². The Morgan fingerprint density at radius 3 is 2.68 bits per heavy atom. The first kappa shape index (κ1) is 21.1. The zero-order valence-corrected chi connectivity index (χ0v) is 18.2. The van der Waals surface area contributed by atoms with E-state index in [1.165, 1.54) is 6.07 Å². The van der Waals surface area contributed by atoms with Crippen LogP contribution >= 0.6 is 0 Å². The molecular weight excluding hydrogens is 442 g/mol. The van der Waals surface area contributed by atoms with Crippen molar-refractivity contribution in [3.05, 3.63) is 46.7 Å². The van der Waals surface area contributed by atoms with E-state index in [0.717, 1.165) is 31.9 Å². The maximum absolute atomic E-state index is 15.7. The molecule has 3 heterocycles. The summed E-state index contributed by atoms with van der Waals surface area (Å²) in [6, 6.07) is 0.938. The van der Waals surface area contributed by atoms with E-state index in [-0.39, 0.29) is 59.0 Å². The van der Waals surface area contributed by atoms with Crippen molar-refractivity contribution in [1.82, 2.24) is 25.1 Å². The summed E-state index contributed by atoms with van der Waals surface area (Å²) in [5.74, 6) is -2.50. The molecular formula is C24H22F2N6O2. The number of carbonyl (C=O) groups is 1. The van der Waals surface area contributed by atoms with E-state index in [1.54, 1.807) is 0 Å². The van der Waals surface area contributed by atoms with Crippen molar-refractivity contribution in [1.29, 1.82) is 0 Å². The number of aromatic nitrogens is 5. The SMILES string of the molecule is [C-]#[N+][C@H]1CC1c1nc(-c2[nH]nc3ncc(F)cc23)nc(C[C@H]2C3CCC(CC3)[C@@H]2C(=O)O)c1F. The van der Waals surface area contributed by atoms with Gasteiger partial charge in [-0.25, -0.2) is 30.3 Å². The van der Waals surface area contributed by atoms with Crippen LogP contribution in [0.1, 0.15) is 49.4 Å². The number of hydrogen-bond acceptors (Lipinski definition) is 5. The number of carboxylic acid groups (broad SMARTS) is 1. The third-order valence-electron chi connectivity index (χ3n) is 7.92. The first-order chi connectivity index (χ1) is 16.4. The van der Waals surface area contributed by atoms with Crippen LogP contribution in [0.15, 0.2) is 12.3 Å². The molecule has 4 aliphatic carbocycles. The average molecular weight is 464 g/mol. The van der Waals surface area contributed by atoms with Crippen molar-refractivity contribution in [3.63, 3.8) is 0 Å². The van der Waals surface area contributed by atoms with Gasteiger partial charge >= 0.3 is 5.97 Å². The molecule has 2 N–H and O–H groups in total. The van der Waals surface area contributed by atoms with Crippen molar-refractivity contribution in [2.24, 2.45) is 23.7 Å². The van der Waals surface area contributed by atoms with Crippen LogP contribution in [0.5, 0.6) is 0 Å². The van der Waals surface area contributed by atoms with Gasteiger partial charge in [0.25, 0.3) is 0 Å². The third-order valence-corrected chi connectivity index (χ3v) is 7.92. The van der Waals surface area contributed by atoms with Crippen LogP contribution in [0, 0.1) is 41.9 Å². The van der Waals surface area contributed by atoms with Crippen molar-refractivity contribution in [2.45, 2.75) is 50.5 Å². The fourth-order valence-electron chi connectivity index (χ4n) is 6.15. The summed E-state index contributed by atoms with van der Waals surface area (Å²) in [6.45, 7) is 7.31. The number of halogens is 2. The van der Waals surface area contributed by atoms with Gasteiger partial charge in [-0.2, -0.15) is 5.10 Å². The summed E-state index contributed by atoms with van der Waals surface area (Å²) in [5, 5.41) is 17.2. The zero-order valence-electron chi connectivity index (χ0n) is 18.2. The normalized spacial score (nSPS) is 29.8. The largest absolute Gasteiger partial charge is 0.481 e. The first-order valence-corrected chi connectivity index (χ1v) is 11.6. The van der Waals surface area contributed by atoms with Crippen LogP contribution in [0.2, 0.25) is 0 Å². The van der Waals surface area contributed by atoms with Crippen LogP contribution in [0.3, 0.4) is 0 Å². The molecule has 1 unspecified atom stereocenters. The van der Waals surface area contributed by atoms with Gasteiger partial charge in [-0.1, -0.05) is 0 Å². The van der Waals surface area contributed by atoms with Crippen LogP contribution in [-0.2, 0) is 11.2 Å². The number of aromatic amines is 1. The van der Waals surface area contributed by atoms with Gasteiger partial charge in [0, 0.05) is 6.42 Å². The molecule has 7 rings (SSSR count). The van der Waals surface area contributed by atoms with Gasteiger partial charge in [0.05, 0.1) is 34.8 Å². The second kappa shape index (κ2) is 7.79. The summed E-state index contributed by atoms with van der Waals surface area (Å²) in [4.78, 5) is 28.6. The number of fused-ring (bicyclic) bond motifs is 4. The Balaban J connectivity index is 1.46. The van der Waals surface area contributed by atoms with E-state index in [2.05, 4.69) is 30.0 Å². The molecule has 0 amide bonds. The minimum Gasteiger partial charge on any atom is -0.481 e. The number of hydrogen-bond donors (Lipinski definition) is 2. The van der Waals surface area contributed by atoms with Crippen molar-refractivity contribution in [3.8, 4) is 11.5 Å². The molecule has 0 saturated heterocycles. The molecule has 4 fully saturated rings. The molecule has 4 aliphatic rings. The van der Waals surface area contributed by atoms with Gasteiger partial charge in [0.15, 0.2) is 17.3 Å². The fraction of sp³-hybridized carbons (Fsp3) is 0.500. The summed E-state index contributed by atoms with van der Waals surface area (Å²) < 4.78 is 29.6. The molecule has 4 atom stereocenters. The Bertz CT molecular complexity index is 1340. The summed E-state index contributed by atoms with van der Waals surface area (Å²) in [6.07, 6.45) is 5.46. The molecule has 3 aromatic rings. The van der Waals surface area contributed by atoms with E-state index in [0.29, 0.717) is 17.5 Å². The molecule has 0 aromatic carbocycles. The van der Waals surface area contributed by atoms with Gasteiger partial charge < -0.3 is 9.95 Å². The van der Waals surface area contributed by atoms with Crippen LogP contribution in [-0.4, -0.2) is 42.3 Å². The molecule has 174 valence electrons. The monoisotopic (exact) mass is 464 g/mol. The summed E-state index contributed by atoms with van der Waals surface area (Å²) in [7, 11) is 0. The molecule has 3 aromatic heterocycles. The maximum Gasteiger partial charge on any atom is 0.307 e. The van der Waals surface area contributed by atoms with E-state index in [1.807, 2.05) is 0 Å². The Morgan fingerprint density at radius 2 is 1.97 bits per heavy atom. The second-order valence-corrected chi connectivity index (χ2v) is 9.76. The van der Waals surface area contributed by atoms with Crippen LogP contribution in [0.4, 0.5) is 8.78 Å². The Hall–Kier alpha value is -3.48. The molecule has 0 radical (unpaired) electrons. The predicted molar refractivity (Wildman–Crippen MR) is 116 cm³/mol. The lowest BCUT2D eigenvalue weighted by Crippen LogP contribution is -2.45.